The maximum absolute atomic E-state index is 12.6. The molecule has 1 aromatic heterocycles. The van der Waals surface area contributed by atoms with E-state index in [1.165, 1.54) is 12.3 Å². The Balaban J connectivity index is 2.46. The summed E-state index contributed by atoms with van der Waals surface area (Å²) in [5.41, 5.74) is 2.66. The average molecular weight is 338 g/mol. The van der Waals surface area contributed by atoms with Crippen molar-refractivity contribution in [1.82, 2.24) is 9.66 Å². The van der Waals surface area contributed by atoms with E-state index in [1.54, 1.807) is 38.1 Å². The lowest BCUT2D eigenvalue weighted by Gasteiger charge is -2.12. The summed E-state index contributed by atoms with van der Waals surface area (Å²) in [7, 11) is 0. The van der Waals surface area contributed by atoms with Crippen LogP contribution in [-0.4, -0.2) is 22.4 Å². The van der Waals surface area contributed by atoms with Crippen molar-refractivity contribution in [1.29, 1.82) is 10.5 Å². The highest BCUT2D eigenvalue weighted by Crippen LogP contribution is 2.15. The average Bonchev–Trinajstić information content (AvgIpc) is 2.60. The molecule has 1 heterocycles. The minimum absolute atomic E-state index is 0.108. The largest absolute Gasteiger partial charge is 0.449 e. The Morgan fingerprint density at radius 2 is 2.12 bits per heavy atom. The number of aromatic nitrogens is 2. The zero-order valence-electron chi connectivity index (χ0n) is 13.5. The van der Waals surface area contributed by atoms with Gasteiger partial charge >= 0.3 is 6.09 Å². The first-order valence-electron chi connectivity index (χ1n) is 7.24. The molecule has 0 radical (unpaired) electrons. The van der Waals surface area contributed by atoms with Crippen LogP contribution in [0.1, 0.15) is 12.7 Å². The molecule has 0 spiro atoms. The van der Waals surface area contributed by atoms with Crippen molar-refractivity contribution in [3.63, 3.8) is 0 Å². The van der Waals surface area contributed by atoms with Gasteiger partial charge in [0.2, 0.25) is 0 Å². The minimum Gasteiger partial charge on any atom is -0.449 e. The van der Waals surface area contributed by atoms with E-state index in [0.717, 1.165) is 4.68 Å². The number of benzene rings is 1. The molecule has 0 fully saturated rings. The highest BCUT2D eigenvalue weighted by molar-refractivity contribution is 5.83. The van der Waals surface area contributed by atoms with Crippen LogP contribution in [0.5, 0.6) is 0 Å². The summed E-state index contributed by atoms with van der Waals surface area (Å²) < 4.78 is 5.76. The van der Waals surface area contributed by atoms with Gasteiger partial charge in [-0.05, 0) is 32.0 Å². The van der Waals surface area contributed by atoms with Crippen molar-refractivity contribution >= 4 is 22.7 Å². The summed E-state index contributed by atoms with van der Waals surface area (Å²) in [5, 5.41) is 20.4. The minimum atomic E-state index is -0.765. The molecule has 0 bridgehead atoms. The fourth-order valence-electron chi connectivity index (χ4n) is 2.02. The molecule has 2 rings (SSSR count). The van der Waals surface area contributed by atoms with E-state index in [1.807, 2.05) is 0 Å². The third-order valence-electron chi connectivity index (χ3n) is 3.14. The second-order valence-corrected chi connectivity index (χ2v) is 4.79. The Morgan fingerprint density at radius 1 is 1.40 bits per heavy atom. The number of carbonyl (C=O) groups is 1. The number of hydrogen-bond donors (Lipinski definition) is 2. The second kappa shape index (κ2) is 7.62. The van der Waals surface area contributed by atoms with Crippen LogP contribution in [0.15, 0.2) is 34.8 Å². The zero-order chi connectivity index (χ0) is 18.4. The van der Waals surface area contributed by atoms with E-state index in [-0.39, 0.29) is 17.6 Å². The molecular formula is C16H14N6O3. The van der Waals surface area contributed by atoms with Crippen LogP contribution >= 0.6 is 0 Å². The Hall–Kier alpha value is -3.85. The number of anilines is 1. The number of allylic oxidation sites excluding steroid dienone is 1. The molecule has 2 N–H and O–H groups in total. The predicted molar refractivity (Wildman–Crippen MR) is 90.1 cm³/mol. The lowest BCUT2D eigenvalue weighted by atomic mass is 10.2. The molecule has 2 aromatic rings. The molecule has 0 unspecified atom stereocenters. The van der Waals surface area contributed by atoms with Gasteiger partial charge in [-0.1, -0.05) is 0 Å². The van der Waals surface area contributed by atoms with E-state index in [4.69, 9.17) is 15.3 Å². The molecule has 0 aliphatic carbocycles. The molecule has 9 nitrogen and oxygen atoms in total. The van der Waals surface area contributed by atoms with Crippen LogP contribution in [0.3, 0.4) is 0 Å². The van der Waals surface area contributed by atoms with Crippen LogP contribution in [0.2, 0.25) is 0 Å². The summed E-state index contributed by atoms with van der Waals surface area (Å²) in [6.45, 7) is 3.39. The predicted octanol–water partition coefficient (Wildman–Crippen LogP) is 1.75. The molecule has 1 aromatic carbocycles. The molecule has 9 heteroatoms. The molecular weight excluding hydrogens is 324 g/mol. The number of aryl methyl sites for hydroxylation is 1. The maximum Gasteiger partial charge on any atom is 0.426 e. The van der Waals surface area contributed by atoms with E-state index < -0.39 is 11.7 Å². The Morgan fingerprint density at radius 3 is 2.76 bits per heavy atom. The van der Waals surface area contributed by atoms with Crippen LogP contribution in [-0.2, 0) is 4.74 Å². The number of fused-ring (bicyclic) bond motifs is 1. The summed E-state index contributed by atoms with van der Waals surface area (Å²) in [5.74, 6) is 0.294. The number of nitriles is 2. The van der Waals surface area contributed by atoms with Crippen molar-refractivity contribution in [3.05, 3.63) is 46.2 Å². The van der Waals surface area contributed by atoms with E-state index >= 15 is 0 Å². The van der Waals surface area contributed by atoms with E-state index in [9.17, 15) is 9.59 Å². The Labute approximate surface area is 142 Å². The van der Waals surface area contributed by atoms with Crippen molar-refractivity contribution in [3.8, 4) is 12.1 Å². The first-order valence-corrected chi connectivity index (χ1v) is 7.24. The van der Waals surface area contributed by atoms with Gasteiger partial charge in [0.1, 0.15) is 23.5 Å². The van der Waals surface area contributed by atoms with Gasteiger partial charge in [0.05, 0.1) is 17.5 Å². The number of amides is 1. The second-order valence-electron chi connectivity index (χ2n) is 4.79. The van der Waals surface area contributed by atoms with Gasteiger partial charge in [-0.2, -0.15) is 15.2 Å². The third kappa shape index (κ3) is 3.92. The summed E-state index contributed by atoms with van der Waals surface area (Å²) in [6, 6.07) is 8.22. The van der Waals surface area contributed by atoms with Gasteiger partial charge in [0.15, 0.2) is 0 Å². The first kappa shape index (κ1) is 17.5. The third-order valence-corrected chi connectivity index (χ3v) is 3.14. The highest BCUT2D eigenvalue weighted by Gasteiger charge is 2.11. The normalized spacial score (nSPS) is 9.60. The quantitative estimate of drug-likeness (QED) is 0.811. The molecule has 0 atom stereocenters. The van der Waals surface area contributed by atoms with Crippen LogP contribution in [0.4, 0.5) is 10.5 Å². The van der Waals surface area contributed by atoms with Gasteiger partial charge in [-0.15, -0.1) is 0 Å². The van der Waals surface area contributed by atoms with Gasteiger partial charge in [-0.25, -0.2) is 15.2 Å². The number of ether oxygens (including phenoxy) is 1. The summed E-state index contributed by atoms with van der Waals surface area (Å²) in [4.78, 5) is 28.4. The van der Waals surface area contributed by atoms with Crippen molar-refractivity contribution in [2.24, 2.45) is 0 Å². The molecule has 0 saturated heterocycles. The molecule has 0 aliphatic rings. The summed E-state index contributed by atoms with van der Waals surface area (Å²) in [6.07, 6.45) is 0.469. The molecule has 0 saturated carbocycles. The number of nitrogens with one attached hydrogen (secondary N) is 2. The fraction of sp³-hybridized carbons (Fsp3) is 0.188. The Bertz CT molecular complexity index is 978. The topological polar surface area (TPSA) is 133 Å². The number of carbonyl (C=O) groups excluding carboxylic acids is 1. The van der Waals surface area contributed by atoms with Crippen LogP contribution < -0.4 is 16.3 Å². The molecule has 126 valence electrons. The van der Waals surface area contributed by atoms with Crippen molar-refractivity contribution in [2.45, 2.75) is 13.8 Å². The summed E-state index contributed by atoms with van der Waals surface area (Å²) >= 11 is 0. The maximum atomic E-state index is 12.6. The highest BCUT2D eigenvalue weighted by atomic mass is 16.6. The first-order chi connectivity index (χ1) is 12.0. The van der Waals surface area contributed by atoms with Crippen molar-refractivity contribution in [2.75, 3.05) is 17.3 Å². The smallest absolute Gasteiger partial charge is 0.426 e. The number of nitrogens with zero attached hydrogens (tertiary/aromatic N) is 4. The van der Waals surface area contributed by atoms with Crippen LogP contribution in [0, 0.1) is 29.6 Å². The zero-order valence-corrected chi connectivity index (χ0v) is 13.5. The molecule has 1 amide bonds. The molecule has 25 heavy (non-hydrogen) atoms. The van der Waals surface area contributed by atoms with Gasteiger partial charge in [-0.3, -0.25) is 4.79 Å². The van der Waals surface area contributed by atoms with Gasteiger partial charge < -0.3 is 10.1 Å². The van der Waals surface area contributed by atoms with Gasteiger partial charge in [0.25, 0.3) is 5.56 Å². The van der Waals surface area contributed by atoms with E-state index in [0.29, 0.717) is 17.0 Å². The number of rotatable bonds is 4. The van der Waals surface area contributed by atoms with Crippen LogP contribution in [0.25, 0.3) is 10.9 Å². The SMILES string of the molecule is CCOC(=O)Nn1c(C)nc2ccc(NC=C(C#N)C#N)cc2c1=O. The molecule has 0 aliphatic heterocycles. The Kier molecular flexibility index (Phi) is 5.33. The van der Waals surface area contributed by atoms with Gasteiger partial charge in [0, 0.05) is 11.9 Å². The monoisotopic (exact) mass is 338 g/mol. The van der Waals surface area contributed by atoms with Crippen molar-refractivity contribution < 1.29 is 9.53 Å². The lowest BCUT2D eigenvalue weighted by Crippen LogP contribution is -2.35. The lowest BCUT2D eigenvalue weighted by molar-refractivity contribution is 0.164. The number of hydrogen-bond acceptors (Lipinski definition) is 7. The van der Waals surface area contributed by atoms with E-state index in [2.05, 4.69) is 15.7 Å². The standard InChI is InChI=1S/C16H14N6O3/c1-3-25-16(24)21-22-10(2)20-14-5-4-12(6-13(14)15(22)23)19-9-11(7-17)8-18/h4-6,9,19H,3H2,1-2H3,(H,21,24). The fourth-order valence-corrected chi connectivity index (χ4v) is 2.02.